The van der Waals surface area contributed by atoms with Crippen molar-refractivity contribution in [2.45, 2.75) is 57.8 Å². The van der Waals surface area contributed by atoms with Crippen molar-refractivity contribution in [3.8, 4) is 11.5 Å². The Hall–Kier alpha value is -2.04. The molecule has 0 spiro atoms. The number of ether oxygens (including phenoxy) is 2. The number of hydrogen-bond donors (Lipinski definition) is 2. The first-order chi connectivity index (χ1) is 14.1. The van der Waals surface area contributed by atoms with Gasteiger partial charge in [0.1, 0.15) is 24.7 Å². The first-order valence-corrected chi connectivity index (χ1v) is 10.8. The zero-order valence-electron chi connectivity index (χ0n) is 17.7. The van der Waals surface area contributed by atoms with E-state index in [4.69, 9.17) is 9.47 Å². The van der Waals surface area contributed by atoms with E-state index < -0.39 is 0 Å². The van der Waals surface area contributed by atoms with Gasteiger partial charge in [-0.1, -0.05) is 62.1 Å². The Morgan fingerprint density at radius 1 is 0.724 bits per heavy atom. The van der Waals surface area contributed by atoms with Gasteiger partial charge in [0.25, 0.3) is 0 Å². The standard InChI is InChI=1S/C25H34O4/c1-19-9-7-11-21(23(19)28-17-15-26)25(13-5-3-4-6-14-25)22-12-8-10-20(2)24(22)29-18-16-27/h7-12,26-27H,3-6,13-18H2,1-2H3. The number of aliphatic hydroxyl groups is 2. The molecule has 3 rings (SSSR count). The van der Waals surface area contributed by atoms with Crippen LogP contribution in [0.1, 0.15) is 60.8 Å². The fourth-order valence-corrected chi connectivity index (χ4v) is 4.75. The van der Waals surface area contributed by atoms with Gasteiger partial charge in [0.2, 0.25) is 0 Å². The summed E-state index contributed by atoms with van der Waals surface area (Å²) in [7, 11) is 0. The quantitative estimate of drug-likeness (QED) is 0.634. The molecule has 4 nitrogen and oxygen atoms in total. The van der Waals surface area contributed by atoms with Crippen molar-refractivity contribution in [2.75, 3.05) is 26.4 Å². The lowest BCUT2D eigenvalue weighted by Crippen LogP contribution is -2.29. The van der Waals surface area contributed by atoms with Crippen LogP contribution in [-0.2, 0) is 5.41 Å². The van der Waals surface area contributed by atoms with Crippen molar-refractivity contribution in [2.24, 2.45) is 0 Å². The molecule has 1 saturated carbocycles. The van der Waals surface area contributed by atoms with Crippen LogP contribution in [0.2, 0.25) is 0 Å². The van der Waals surface area contributed by atoms with Crippen LogP contribution >= 0.6 is 0 Å². The van der Waals surface area contributed by atoms with E-state index >= 15 is 0 Å². The molecule has 2 aromatic rings. The Labute approximate surface area is 174 Å². The van der Waals surface area contributed by atoms with Gasteiger partial charge >= 0.3 is 0 Å². The predicted octanol–water partition coefficient (Wildman–Crippen LogP) is 4.69. The molecule has 1 aliphatic carbocycles. The summed E-state index contributed by atoms with van der Waals surface area (Å²) in [5, 5.41) is 18.7. The molecule has 0 bridgehead atoms. The molecule has 4 heteroatoms. The summed E-state index contributed by atoms with van der Waals surface area (Å²) in [4.78, 5) is 0. The summed E-state index contributed by atoms with van der Waals surface area (Å²) in [6.07, 6.45) is 6.84. The highest BCUT2D eigenvalue weighted by molar-refractivity contribution is 5.56. The van der Waals surface area contributed by atoms with E-state index in [2.05, 4.69) is 50.2 Å². The van der Waals surface area contributed by atoms with Crippen LogP contribution in [0.3, 0.4) is 0 Å². The highest BCUT2D eigenvalue weighted by Crippen LogP contribution is 2.51. The van der Waals surface area contributed by atoms with Crippen LogP contribution < -0.4 is 9.47 Å². The molecule has 0 radical (unpaired) electrons. The van der Waals surface area contributed by atoms with Crippen molar-refractivity contribution >= 4 is 0 Å². The van der Waals surface area contributed by atoms with Gasteiger partial charge in [0.05, 0.1) is 13.2 Å². The van der Waals surface area contributed by atoms with E-state index in [1.165, 1.54) is 24.0 Å². The first-order valence-electron chi connectivity index (χ1n) is 10.8. The van der Waals surface area contributed by atoms with E-state index in [9.17, 15) is 10.2 Å². The summed E-state index contributed by atoms with van der Waals surface area (Å²) >= 11 is 0. The zero-order chi connectivity index (χ0) is 20.7. The van der Waals surface area contributed by atoms with Crippen LogP contribution in [0.4, 0.5) is 0 Å². The lowest BCUT2D eigenvalue weighted by Gasteiger charge is -2.37. The molecule has 0 atom stereocenters. The maximum Gasteiger partial charge on any atom is 0.126 e. The van der Waals surface area contributed by atoms with Gasteiger partial charge in [0.15, 0.2) is 0 Å². The lowest BCUT2D eigenvalue weighted by atomic mass is 9.68. The topological polar surface area (TPSA) is 58.9 Å². The van der Waals surface area contributed by atoms with Crippen LogP contribution in [0.25, 0.3) is 0 Å². The third kappa shape index (κ3) is 4.59. The molecule has 158 valence electrons. The van der Waals surface area contributed by atoms with Crippen molar-refractivity contribution in [1.82, 2.24) is 0 Å². The smallest absolute Gasteiger partial charge is 0.126 e. The molecular formula is C25H34O4. The molecule has 0 amide bonds. The number of rotatable bonds is 8. The molecule has 0 aromatic heterocycles. The Kier molecular flexibility index (Phi) is 7.57. The second-order valence-corrected chi connectivity index (χ2v) is 8.04. The normalized spacial score (nSPS) is 16.3. The SMILES string of the molecule is Cc1cccc(C2(c3cccc(C)c3OCCO)CCCCCC2)c1OCCO. The van der Waals surface area contributed by atoms with Gasteiger partial charge < -0.3 is 19.7 Å². The average Bonchev–Trinajstić information content (AvgIpc) is 2.98. The summed E-state index contributed by atoms with van der Waals surface area (Å²) in [5.41, 5.74) is 4.35. The molecule has 1 fully saturated rings. The third-order valence-electron chi connectivity index (χ3n) is 6.09. The Balaban J connectivity index is 2.22. The molecule has 0 unspecified atom stereocenters. The highest BCUT2D eigenvalue weighted by Gasteiger charge is 2.40. The second kappa shape index (κ2) is 10.1. The van der Waals surface area contributed by atoms with Gasteiger partial charge in [-0.3, -0.25) is 0 Å². The van der Waals surface area contributed by atoms with Crippen molar-refractivity contribution in [1.29, 1.82) is 0 Å². The Morgan fingerprint density at radius 2 is 1.17 bits per heavy atom. The molecular weight excluding hydrogens is 364 g/mol. The monoisotopic (exact) mass is 398 g/mol. The minimum Gasteiger partial charge on any atom is -0.491 e. The van der Waals surface area contributed by atoms with Gasteiger partial charge in [-0.05, 0) is 37.8 Å². The minimum atomic E-state index is -0.204. The largest absolute Gasteiger partial charge is 0.491 e. The van der Waals surface area contributed by atoms with Gasteiger partial charge in [-0.25, -0.2) is 0 Å². The lowest BCUT2D eigenvalue weighted by molar-refractivity contribution is 0.193. The van der Waals surface area contributed by atoms with E-state index in [1.54, 1.807) is 0 Å². The van der Waals surface area contributed by atoms with Crippen LogP contribution in [0.5, 0.6) is 11.5 Å². The summed E-state index contributed by atoms with van der Waals surface area (Å²) in [5.74, 6) is 1.77. The van der Waals surface area contributed by atoms with E-state index in [0.717, 1.165) is 48.3 Å². The van der Waals surface area contributed by atoms with Gasteiger partial charge in [-0.2, -0.15) is 0 Å². The zero-order valence-corrected chi connectivity index (χ0v) is 17.7. The fraction of sp³-hybridized carbons (Fsp3) is 0.520. The number of hydrogen-bond acceptors (Lipinski definition) is 4. The van der Waals surface area contributed by atoms with E-state index in [0.29, 0.717) is 0 Å². The number of aryl methyl sites for hydroxylation is 2. The van der Waals surface area contributed by atoms with Gasteiger partial charge in [-0.15, -0.1) is 0 Å². The molecule has 0 saturated heterocycles. The molecule has 2 N–H and O–H groups in total. The molecule has 0 heterocycles. The fourth-order valence-electron chi connectivity index (χ4n) is 4.75. The first kappa shape index (κ1) is 21.7. The third-order valence-corrected chi connectivity index (χ3v) is 6.09. The minimum absolute atomic E-state index is 0.00389. The Bertz CT molecular complexity index is 732. The number of aliphatic hydroxyl groups excluding tert-OH is 2. The van der Waals surface area contributed by atoms with Crippen molar-refractivity contribution in [3.63, 3.8) is 0 Å². The maximum atomic E-state index is 9.35. The molecule has 29 heavy (non-hydrogen) atoms. The molecule has 0 aliphatic heterocycles. The van der Waals surface area contributed by atoms with Crippen molar-refractivity contribution < 1.29 is 19.7 Å². The van der Waals surface area contributed by atoms with Crippen molar-refractivity contribution in [3.05, 3.63) is 58.7 Å². The van der Waals surface area contributed by atoms with Crippen LogP contribution in [-0.4, -0.2) is 36.6 Å². The van der Waals surface area contributed by atoms with E-state index in [-0.39, 0.29) is 31.8 Å². The summed E-state index contributed by atoms with van der Waals surface area (Å²) < 4.78 is 12.2. The number of para-hydroxylation sites is 2. The second-order valence-electron chi connectivity index (χ2n) is 8.04. The molecule has 1 aliphatic rings. The summed E-state index contributed by atoms with van der Waals surface area (Å²) in [6.45, 7) is 4.71. The van der Waals surface area contributed by atoms with Crippen LogP contribution in [0.15, 0.2) is 36.4 Å². The van der Waals surface area contributed by atoms with Crippen LogP contribution in [0, 0.1) is 13.8 Å². The molecule has 2 aromatic carbocycles. The summed E-state index contributed by atoms with van der Waals surface area (Å²) in [6, 6.07) is 12.7. The van der Waals surface area contributed by atoms with Gasteiger partial charge in [0, 0.05) is 16.5 Å². The van der Waals surface area contributed by atoms with E-state index in [1.807, 2.05) is 0 Å². The average molecular weight is 399 g/mol. The maximum absolute atomic E-state index is 9.35. The predicted molar refractivity (Wildman–Crippen MR) is 116 cm³/mol. The Morgan fingerprint density at radius 3 is 1.59 bits per heavy atom. The highest BCUT2D eigenvalue weighted by atomic mass is 16.5. The number of benzene rings is 2.